The molecule has 0 aromatic heterocycles. The summed E-state index contributed by atoms with van der Waals surface area (Å²) in [7, 11) is -2.47. The van der Waals surface area contributed by atoms with Crippen molar-refractivity contribution in [3.8, 4) is 17.2 Å². The van der Waals surface area contributed by atoms with Crippen molar-refractivity contribution < 1.29 is 56.6 Å². The van der Waals surface area contributed by atoms with Crippen LogP contribution in [0.3, 0.4) is 0 Å². The fourth-order valence-corrected chi connectivity index (χ4v) is 13.1. The SMILES string of the molecule is CCCCCCCCCCCCOP(=O)(OCCCCCCCCCCCC)Oc1ccc2c(c1)CCC1C2CCC2(C)C(OCCC(=O)NCCOCCOCC(=O)Nc3ccc(OC)c(C(N)=O)c3O)CCC12. The molecule has 0 heterocycles. The summed E-state index contributed by atoms with van der Waals surface area (Å²) >= 11 is 0. The van der Waals surface area contributed by atoms with Crippen molar-refractivity contribution in [3.05, 3.63) is 47.0 Å². The number of benzene rings is 2. The molecule has 0 radical (unpaired) electrons. The van der Waals surface area contributed by atoms with E-state index in [2.05, 4.69) is 43.5 Å². The molecule has 424 valence electrons. The largest absolute Gasteiger partial charge is 0.530 e. The average Bonchev–Trinajstić information content (AvgIpc) is 3.75. The van der Waals surface area contributed by atoms with Gasteiger partial charge in [-0.2, -0.15) is 0 Å². The van der Waals surface area contributed by atoms with Crippen LogP contribution in [0.25, 0.3) is 0 Å². The number of fused-ring (bicyclic) bond motifs is 5. The highest BCUT2D eigenvalue weighted by Gasteiger charge is 2.55. The molecule has 15 nitrogen and oxygen atoms in total. The van der Waals surface area contributed by atoms with Crippen molar-refractivity contribution in [2.75, 3.05) is 65.2 Å². The zero-order chi connectivity index (χ0) is 53.7. The van der Waals surface area contributed by atoms with Gasteiger partial charge < -0.3 is 44.9 Å². The van der Waals surface area contributed by atoms with Crippen LogP contribution in [0.5, 0.6) is 17.2 Å². The molecule has 3 aliphatic carbocycles. The van der Waals surface area contributed by atoms with E-state index < -0.39 is 25.4 Å². The fourth-order valence-electron chi connectivity index (χ4n) is 11.9. The minimum atomic E-state index is -3.81. The van der Waals surface area contributed by atoms with Crippen molar-refractivity contribution in [1.29, 1.82) is 0 Å². The Hall–Kier alpha value is -3.72. The summed E-state index contributed by atoms with van der Waals surface area (Å²) in [5.74, 6) is 0.212. The molecule has 0 saturated heterocycles. The van der Waals surface area contributed by atoms with Gasteiger partial charge >= 0.3 is 7.82 Å². The third-order valence-corrected chi connectivity index (χ3v) is 17.5. The van der Waals surface area contributed by atoms with Crippen molar-refractivity contribution in [1.82, 2.24) is 5.32 Å². The number of unbranched alkanes of at least 4 members (excludes halogenated alkanes) is 18. The number of nitrogens with two attached hydrogens (primary N) is 1. The van der Waals surface area contributed by atoms with Gasteiger partial charge in [0.25, 0.3) is 5.91 Å². The number of anilines is 1. The lowest BCUT2D eigenvalue weighted by molar-refractivity contribution is -0.124. The van der Waals surface area contributed by atoms with Crippen LogP contribution < -0.4 is 25.6 Å². The number of nitrogens with one attached hydrogen (secondary N) is 2. The van der Waals surface area contributed by atoms with Crippen LogP contribution in [0.1, 0.15) is 215 Å². The highest BCUT2D eigenvalue weighted by atomic mass is 31.2. The van der Waals surface area contributed by atoms with E-state index in [1.54, 1.807) is 0 Å². The molecule has 3 aliphatic rings. The number of primary amides is 1. The average molecular weight is 1070 g/mol. The van der Waals surface area contributed by atoms with Gasteiger partial charge in [0.1, 0.15) is 23.7 Å². The number of phosphoric acid groups is 1. The van der Waals surface area contributed by atoms with Crippen molar-refractivity contribution in [3.63, 3.8) is 0 Å². The smallest absolute Gasteiger partial charge is 0.505 e. The maximum absolute atomic E-state index is 14.3. The van der Waals surface area contributed by atoms with E-state index in [1.807, 2.05) is 6.07 Å². The third-order valence-electron chi connectivity index (χ3n) is 16.0. The zero-order valence-corrected chi connectivity index (χ0v) is 47.3. The topological polar surface area (TPSA) is 203 Å². The van der Waals surface area contributed by atoms with Gasteiger partial charge in [0.2, 0.25) is 11.8 Å². The number of hydrogen-bond acceptors (Lipinski definition) is 12. The summed E-state index contributed by atoms with van der Waals surface area (Å²) in [5.41, 5.74) is 7.84. The van der Waals surface area contributed by atoms with Gasteiger partial charge in [-0.05, 0) is 110 Å². The van der Waals surface area contributed by atoms with Crippen molar-refractivity contribution >= 4 is 31.2 Å². The quantitative estimate of drug-likeness (QED) is 0.0279. The molecule has 5 rings (SSSR count). The Morgan fingerprint density at radius 3 is 1.95 bits per heavy atom. The van der Waals surface area contributed by atoms with E-state index in [-0.39, 0.29) is 67.3 Å². The molecule has 0 spiro atoms. The number of amides is 3. The highest BCUT2D eigenvalue weighted by Crippen LogP contribution is 2.62. The van der Waals surface area contributed by atoms with Crippen LogP contribution in [-0.2, 0) is 43.8 Å². The Morgan fingerprint density at radius 1 is 0.720 bits per heavy atom. The summed E-state index contributed by atoms with van der Waals surface area (Å²) < 4.78 is 55.1. The molecule has 2 aromatic rings. The molecule has 0 aliphatic heterocycles. The first-order chi connectivity index (χ1) is 36.4. The van der Waals surface area contributed by atoms with Gasteiger partial charge in [-0.3, -0.25) is 23.4 Å². The van der Waals surface area contributed by atoms with E-state index in [1.165, 1.54) is 133 Å². The van der Waals surface area contributed by atoms with Crippen molar-refractivity contribution in [2.45, 2.75) is 206 Å². The highest BCUT2D eigenvalue weighted by molar-refractivity contribution is 7.48. The second-order valence-electron chi connectivity index (χ2n) is 21.5. The summed E-state index contributed by atoms with van der Waals surface area (Å²) in [4.78, 5) is 36.8. The van der Waals surface area contributed by atoms with Gasteiger partial charge in [-0.25, -0.2) is 4.57 Å². The summed E-state index contributed by atoms with van der Waals surface area (Å²) in [6.07, 6.45) is 31.1. The van der Waals surface area contributed by atoms with Gasteiger partial charge in [-0.15, -0.1) is 0 Å². The lowest BCUT2D eigenvalue weighted by Gasteiger charge is -2.50. The van der Waals surface area contributed by atoms with Gasteiger partial charge in [0, 0.05) is 13.0 Å². The first-order valence-electron chi connectivity index (χ1n) is 29.2. The number of carbonyl (C=O) groups is 3. The Morgan fingerprint density at radius 2 is 1.33 bits per heavy atom. The van der Waals surface area contributed by atoms with Crippen LogP contribution >= 0.6 is 7.82 Å². The molecule has 0 bridgehead atoms. The zero-order valence-electron chi connectivity index (χ0n) is 46.4. The Balaban J connectivity index is 0.995. The minimum Gasteiger partial charge on any atom is -0.505 e. The summed E-state index contributed by atoms with van der Waals surface area (Å²) in [6.45, 7) is 8.67. The van der Waals surface area contributed by atoms with Crippen molar-refractivity contribution in [2.24, 2.45) is 23.0 Å². The molecule has 2 saturated carbocycles. The Labute approximate surface area is 450 Å². The Kier molecular flexibility index (Phi) is 28.3. The second kappa shape index (κ2) is 34.2. The number of carbonyl (C=O) groups excluding carboxylic acids is 3. The standard InChI is InChI=1S/C59H96N3O12P/c1-5-7-9-11-13-15-17-19-21-23-37-72-75(67,73-38-24-22-20-18-16-14-12-10-8-6-2)74-46-26-28-47-45(43-46)25-27-49-48(47)33-35-59(3)50(49)29-32-53(59)71-39-34-54(63)61-36-40-69-41-42-70-44-55(64)62-51-30-31-52(68-4)56(57(51)65)58(60)66/h26,28,30-31,43,48-50,53,65H,5-25,27,29,32-42,44H2,1-4H3,(H2,60,66)(H,61,63)(H,62,64). The molecular formula is C59H96N3O12P. The number of aryl methyl sites for hydroxylation is 1. The normalized spacial score (nSPS) is 20.0. The number of aromatic hydroxyl groups is 1. The molecule has 3 amide bonds. The number of phenols is 1. The van der Waals surface area contributed by atoms with Crippen LogP contribution in [0.4, 0.5) is 5.69 Å². The molecule has 2 aromatic carbocycles. The van der Waals surface area contributed by atoms with E-state index in [0.29, 0.717) is 49.9 Å². The first-order valence-corrected chi connectivity index (χ1v) is 30.6. The summed E-state index contributed by atoms with van der Waals surface area (Å²) in [6, 6.07) is 9.11. The van der Waals surface area contributed by atoms with Gasteiger partial charge in [0.15, 0.2) is 5.75 Å². The molecule has 16 heteroatoms. The van der Waals surface area contributed by atoms with Gasteiger partial charge in [0.05, 0.1) is 58.5 Å². The van der Waals surface area contributed by atoms with E-state index in [4.69, 9.17) is 38.3 Å². The number of hydrogen-bond donors (Lipinski definition) is 4. The van der Waals surface area contributed by atoms with E-state index in [9.17, 15) is 24.1 Å². The lowest BCUT2D eigenvalue weighted by atomic mass is 9.55. The number of phosphoric ester groups is 1. The predicted molar refractivity (Wildman–Crippen MR) is 296 cm³/mol. The first kappa shape index (κ1) is 62.1. The number of methoxy groups -OCH3 is 1. The van der Waals surface area contributed by atoms with Crippen LogP contribution in [0.15, 0.2) is 30.3 Å². The Bertz CT molecular complexity index is 2030. The summed E-state index contributed by atoms with van der Waals surface area (Å²) in [5, 5.41) is 15.7. The predicted octanol–water partition coefficient (Wildman–Crippen LogP) is 13.3. The maximum Gasteiger partial charge on any atom is 0.530 e. The molecule has 5 unspecified atom stereocenters. The van der Waals surface area contributed by atoms with E-state index in [0.717, 1.165) is 64.2 Å². The number of rotatable bonds is 41. The number of ether oxygens (including phenoxy) is 4. The second-order valence-corrected chi connectivity index (χ2v) is 23.1. The van der Waals surface area contributed by atoms with Crippen LogP contribution in [-0.4, -0.2) is 88.8 Å². The molecule has 2 fully saturated rings. The monoisotopic (exact) mass is 1070 g/mol. The fraction of sp³-hybridized carbons (Fsp3) is 0.746. The van der Waals surface area contributed by atoms with E-state index >= 15 is 0 Å². The third kappa shape index (κ3) is 20.5. The maximum atomic E-state index is 14.3. The molecule has 5 N–H and O–H groups in total. The van der Waals surface area contributed by atoms with Gasteiger partial charge in [-0.1, -0.05) is 142 Å². The molecule has 5 atom stereocenters. The minimum absolute atomic E-state index is 0.00376. The lowest BCUT2D eigenvalue weighted by Crippen LogP contribution is -2.45. The molecule has 75 heavy (non-hydrogen) atoms. The van der Waals surface area contributed by atoms with Crippen LogP contribution in [0, 0.1) is 17.3 Å². The molecular weight excluding hydrogens is 974 g/mol. The van der Waals surface area contributed by atoms with Crippen LogP contribution in [0.2, 0.25) is 0 Å².